The molecule has 0 spiro atoms. The van der Waals surface area contributed by atoms with Gasteiger partial charge in [0.15, 0.2) is 0 Å². The quantitative estimate of drug-likeness (QED) is 0.570. The van der Waals surface area contributed by atoms with Gasteiger partial charge in [0.1, 0.15) is 6.54 Å². The summed E-state index contributed by atoms with van der Waals surface area (Å²) in [5.74, 6) is -0.173. The van der Waals surface area contributed by atoms with Gasteiger partial charge in [0.05, 0.1) is 17.7 Å². The predicted octanol–water partition coefficient (Wildman–Crippen LogP) is 3.42. The zero-order valence-corrected chi connectivity index (χ0v) is 17.7. The maximum Gasteiger partial charge on any atom is 0.260 e. The molecule has 0 aromatic heterocycles. The Hall–Kier alpha value is -2.67. The van der Waals surface area contributed by atoms with Crippen molar-refractivity contribution in [3.8, 4) is 0 Å². The maximum absolute atomic E-state index is 12.3. The number of amides is 1. The molecule has 0 bridgehead atoms. The third kappa shape index (κ3) is 5.92. The molecule has 1 amide bonds. The highest BCUT2D eigenvalue weighted by atomic mass is 32.2. The molecule has 0 saturated carbocycles. The summed E-state index contributed by atoms with van der Waals surface area (Å²) in [6.07, 6.45) is 1.08. The van der Waals surface area contributed by atoms with Crippen LogP contribution in [-0.4, -0.2) is 32.8 Å². The van der Waals surface area contributed by atoms with E-state index in [2.05, 4.69) is 24.4 Å². The summed E-state index contributed by atoms with van der Waals surface area (Å²) in [6, 6.07) is 14.9. The van der Waals surface area contributed by atoms with Gasteiger partial charge in [-0.15, -0.1) is 0 Å². The van der Waals surface area contributed by atoms with E-state index < -0.39 is 15.9 Å². The van der Waals surface area contributed by atoms with Gasteiger partial charge in [0, 0.05) is 0 Å². The number of hydrogen-bond acceptors (Lipinski definition) is 4. The zero-order chi connectivity index (χ0) is 20.9. The van der Waals surface area contributed by atoms with Crippen LogP contribution in [0.5, 0.6) is 0 Å². The Kier molecular flexibility index (Phi) is 6.96. The zero-order valence-electron chi connectivity index (χ0n) is 16.9. The molecule has 2 aromatic carbocycles. The van der Waals surface area contributed by atoms with Crippen molar-refractivity contribution >= 4 is 27.3 Å². The number of aryl methyl sites for hydroxylation is 1. The highest BCUT2D eigenvalue weighted by Crippen LogP contribution is 2.21. The molecule has 0 aliphatic heterocycles. The van der Waals surface area contributed by atoms with Crippen LogP contribution in [0.25, 0.3) is 0 Å². The van der Waals surface area contributed by atoms with E-state index in [9.17, 15) is 13.2 Å². The van der Waals surface area contributed by atoms with Crippen LogP contribution in [0.2, 0.25) is 0 Å². The number of sulfonamides is 1. The van der Waals surface area contributed by atoms with E-state index in [1.165, 1.54) is 0 Å². The highest BCUT2D eigenvalue weighted by molar-refractivity contribution is 7.92. The lowest BCUT2D eigenvalue weighted by Crippen LogP contribution is -2.39. The van der Waals surface area contributed by atoms with Crippen LogP contribution in [0, 0.1) is 6.92 Å². The number of benzene rings is 2. The number of nitrogens with one attached hydrogen (secondary N) is 1. The largest absolute Gasteiger partial charge is 0.271 e. The highest BCUT2D eigenvalue weighted by Gasteiger charge is 2.21. The van der Waals surface area contributed by atoms with Crippen molar-refractivity contribution in [3.63, 3.8) is 0 Å². The third-order valence-corrected chi connectivity index (χ3v) is 5.49. The number of nitrogens with zero attached hydrogens (tertiary/aromatic N) is 2. The minimum atomic E-state index is -3.62. The number of carbonyl (C=O) groups is 1. The fourth-order valence-corrected chi connectivity index (χ4v) is 3.45. The monoisotopic (exact) mass is 401 g/mol. The third-order valence-electron chi connectivity index (χ3n) is 4.35. The van der Waals surface area contributed by atoms with Crippen molar-refractivity contribution < 1.29 is 13.2 Å². The molecule has 0 saturated heterocycles. The molecule has 1 N–H and O–H groups in total. The molecule has 0 heterocycles. The van der Waals surface area contributed by atoms with E-state index in [0.29, 0.717) is 17.3 Å². The molecule has 0 atom stereocenters. The number of anilines is 1. The lowest BCUT2D eigenvalue weighted by Gasteiger charge is -2.22. The first-order valence-electron chi connectivity index (χ1n) is 9.05. The molecule has 0 unspecified atom stereocenters. The second-order valence-electron chi connectivity index (χ2n) is 7.11. The lowest BCUT2D eigenvalue weighted by molar-refractivity contribution is -0.119. The first-order chi connectivity index (χ1) is 13.1. The molecule has 0 aliphatic rings. The average Bonchev–Trinajstić information content (AvgIpc) is 2.64. The van der Waals surface area contributed by atoms with Gasteiger partial charge in [0.2, 0.25) is 10.0 Å². The number of carbonyl (C=O) groups excluding carboxylic acids is 1. The van der Waals surface area contributed by atoms with Crippen molar-refractivity contribution in [2.24, 2.45) is 5.10 Å². The summed E-state index contributed by atoms with van der Waals surface area (Å²) in [5.41, 5.74) is 6.64. The van der Waals surface area contributed by atoms with Gasteiger partial charge >= 0.3 is 0 Å². The van der Waals surface area contributed by atoms with Crippen LogP contribution in [-0.2, 0) is 14.8 Å². The lowest BCUT2D eigenvalue weighted by atomic mass is 10.0. The van der Waals surface area contributed by atoms with E-state index in [1.807, 2.05) is 43.3 Å². The average molecular weight is 402 g/mol. The van der Waals surface area contributed by atoms with Crippen LogP contribution < -0.4 is 9.73 Å². The van der Waals surface area contributed by atoms with E-state index in [0.717, 1.165) is 27.3 Å². The van der Waals surface area contributed by atoms with Gasteiger partial charge < -0.3 is 0 Å². The molecule has 0 radical (unpaired) electrons. The van der Waals surface area contributed by atoms with Crippen molar-refractivity contribution in [2.75, 3.05) is 17.1 Å². The molecule has 2 rings (SSSR count). The summed E-state index contributed by atoms with van der Waals surface area (Å²) < 4.78 is 25.4. The number of hydrogen-bond donors (Lipinski definition) is 1. The van der Waals surface area contributed by atoms with Gasteiger partial charge in [-0.3, -0.25) is 9.10 Å². The Balaban J connectivity index is 2.13. The Morgan fingerprint density at radius 3 is 2.14 bits per heavy atom. The summed E-state index contributed by atoms with van der Waals surface area (Å²) in [7, 11) is -3.62. The van der Waals surface area contributed by atoms with Gasteiger partial charge in [0.25, 0.3) is 5.91 Å². The SMILES string of the molecule is C/C(=N/NC(=O)CN(c1ccc(C(C)C)cc1)S(C)(=O)=O)c1ccc(C)cc1. The van der Waals surface area contributed by atoms with E-state index in [1.54, 1.807) is 19.1 Å². The normalized spacial score (nSPS) is 12.1. The number of rotatable bonds is 7. The van der Waals surface area contributed by atoms with Crippen LogP contribution in [0.1, 0.15) is 43.4 Å². The topological polar surface area (TPSA) is 78.8 Å². The van der Waals surface area contributed by atoms with Crippen molar-refractivity contribution in [2.45, 2.75) is 33.6 Å². The van der Waals surface area contributed by atoms with Crippen LogP contribution in [0.15, 0.2) is 53.6 Å². The van der Waals surface area contributed by atoms with Crippen molar-refractivity contribution in [1.82, 2.24) is 5.43 Å². The molecule has 0 aliphatic carbocycles. The minimum absolute atomic E-state index is 0.336. The van der Waals surface area contributed by atoms with Crippen LogP contribution in [0.4, 0.5) is 5.69 Å². The van der Waals surface area contributed by atoms with Gasteiger partial charge in [-0.05, 0) is 43.0 Å². The Morgan fingerprint density at radius 2 is 1.64 bits per heavy atom. The fraction of sp³-hybridized carbons (Fsp3) is 0.333. The van der Waals surface area contributed by atoms with Gasteiger partial charge in [-0.1, -0.05) is 55.8 Å². The summed E-state index contributed by atoms with van der Waals surface area (Å²) in [5, 5.41) is 4.09. The molecule has 6 nitrogen and oxygen atoms in total. The Morgan fingerprint density at radius 1 is 1.07 bits per heavy atom. The first-order valence-corrected chi connectivity index (χ1v) is 10.9. The summed E-state index contributed by atoms with van der Waals surface area (Å²) >= 11 is 0. The van der Waals surface area contributed by atoms with E-state index >= 15 is 0 Å². The van der Waals surface area contributed by atoms with Crippen molar-refractivity contribution in [1.29, 1.82) is 0 Å². The second-order valence-corrected chi connectivity index (χ2v) is 9.02. The van der Waals surface area contributed by atoms with Gasteiger partial charge in [-0.2, -0.15) is 5.10 Å². The fourth-order valence-electron chi connectivity index (χ4n) is 2.60. The van der Waals surface area contributed by atoms with E-state index in [4.69, 9.17) is 0 Å². The van der Waals surface area contributed by atoms with Gasteiger partial charge in [-0.25, -0.2) is 13.8 Å². The Bertz CT molecular complexity index is 947. The smallest absolute Gasteiger partial charge is 0.260 e. The maximum atomic E-state index is 12.3. The Labute approximate surface area is 167 Å². The molecule has 2 aromatic rings. The molecular weight excluding hydrogens is 374 g/mol. The summed E-state index contributed by atoms with van der Waals surface area (Å²) in [6.45, 7) is 7.55. The molecular formula is C21H27N3O3S. The molecule has 0 fully saturated rings. The molecule has 28 heavy (non-hydrogen) atoms. The van der Waals surface area contributed by atoms with Crippen LogP contribution in [0.3, 0.4) is 0 Å². The van der Waals surface area contributed by atoms with Crippen LogP contribution >= 0.6 is 0 Å². The van der Waals surface area contributed by atoms with E-state index in [-0.39, 0.29) is 6.54 Å². The first kappa shape index (κ1) is 21.6. The van der Waals surface area contributed by atoms with Crippen molar-refractivity contribution in [3.05, 3.63) is 65.2 Å². The second kappa shape index (κ2) is 9.01. The predicted molar refractivity (Wildman–Crippen MR) is 114 cm³/mol. The summed E-state index contributed by atoms with van der Waals surface area (Å²) in [4.78, 5) is 12.3. The molecule has 150 valence electrons. The molecule has 7 heteroatoms. The number of hydrazone groups is 1. The standard InChI is InChI=1S/C21H27N3O3S/c1-15(2)18-10-12-20(13-11-18)24(28(5,26)27)14-21(25)23-22-17(4)19-8-6-16(3)7-9-19/h6-13,15H,14H2,1-5H3,(H,23,25)/b22-17-. The minimum Gasteiger partial charge on any atom is -0.271 e.